The lowest BCUT2D eigenvalue weighted by Crippen LogP contribution is -2.01. The molecule has 0 N–H and O–H groups in total. The zero-order chi connectivity index (χ0) is 14.5. The van der Waals surface area contributed by atoms with Crippen LogP contribution in [0.5, 0.6) is 0 Å². The SMILES string of the molecule is CC(C)c1ccc(SC(=O)c2c#cccc2)c(=O)cc1. The second-order valence-corrected chi connectivity index (χ2v) is 5.66. The van der Waals surface area contributed by atoms with E-state index in [-0.39, 0.29) is 10.5 Å². The summed E-state index contributed by atoms with van der Waals surface area (Å²) in [6.45, 7) is 4.12. The fourth-order valence-corrected chi connectivity index (χ4v) is 2.39. The molecule has 0 aliphatic heterocycles. The van der Waals surface area contributed by atoms with Crippen LogP contribution in [0.1, 0.15) is 35.7 Å². The quantitative estimate of drug-likeness (QED) is 0.805. The van der Waals surface area contributed by atoms with Crippen LogP contribution >= 0.6 is 11.8 Å². The van der Waals surface area contributed by atoms with Crippen LogP contribution in [0.15, 0.2) is 52.2 Å². The van der Waals surface area contributed by atoms with Crippen molar-refractivity contribution in [3.8, 4) is 0 Å². The number of carbonyl (C=O) groups excluding carboxylic acids is 1. The molecule has 0 saturated carbocycles. The van der Waals surface area contributed by atoms with Crippen LogP contribution in [0, 0.1) is 12.1 Å². The van der Waals surface area contributed by atoms with Crippen molar-refractivity contribution in [3.63, 3.8) is 0 Å². The molecule has 0 saturated heterocycles. The Bertz CT molecular complexity index is 663. The summed E-state index contributed by atoms with van der Waals surface area (Å²) in [5.74, 6) is 0.340. The topological polar surface area (TPSA) is 34.1 Å². The first-order valence-electron chi connectivity index (χ1n) is 6.33. The molecule has 0 bridgehead atoms. The number of hydrogen-bond acceptors (Lipinski definition) is 3. The summed E-state index contributed by atoms with van der Waals surface area (Å²) >= 11 is 0.934. The maximum absolute atomic E-state index is 12.1. The maximum Gasteiger partial charge on any atom is 0.232 e. The number of rotatable bonds is 3. The predicted molar refractivity (Wildman–Crippen MR) is 81.1 cm³/mol. The van der Waals surface area contributed by atoms with Gasteiger partial charge in [-0.25, -0.2) is 0 Å². The van der Waals surface area contributed by atoms with Crippen molar-refractivity contribution in [2.45, 2.75) is 24.7 Å². The van der Waals surface area contributed by atoms with Gasteiger partial charge in [0, 0.05) is 0 Å². The van der Waals surface area contributed by atoms with E-state index < -0.39 is 0 Å². The minimum absolute atomic E-state index is 0.143. The highest BCUT2D eigenvalue weighted by Crippen LogP contribution is 2.20. The molecule has 0 amide bonds. The third-order valence-electron chi connectivity index (χ3n) is 2.84. The molecule has 3 heteroatoms. The van der Waals surface area contributed by atoms with Crippen LogP contribution in [0.25, 0.3) is 0 Å². The predicted octanol–water partition coefficient (Wildman–Crippen LogP) is 3.70. The third-order valence-corrected chi connectivity index (χ3v) is 3.80. The van der Waals surface area contributed by atoms with Gasteiger partial charge in [0.15, 0.2) is 5.43 Å². The zero-order valence-corrected chi connectivity index (χ0v) is 12.2. The van der Waals surface area contributed by atoms with Gasteiger partial charge in [0.1, 0.15) is 0 Å². The van der Waals surface area contributed by atoms with Gasteiger partial charge in [0.05, 0.1) is 10.5 Å². The summed E-state index contributed by atoms with van der Waals surface area (Å²) in [5, 5.41) is -0.198. The highest BCUT2D eigenvalue weighted by atomic mass is 32.2. The zero-order valence-electron chi connectivity index (χ0n) is 11.3. The molecular weight excluding hydrogens is 268 g/mol. The van der Waals surface area contributed by atoms with E-state index in [2.05, 4.69) is 26.0 Å². The average molecular weight is 282 g/mol. The summed E-state index contributed by atoms with van der Waals surface area (Å²) in [5.41, 5.74) is 1.35. The van der Waals surface area contributed by atoms with Gasteiger partial charge in [-0.3, -0.25) is 9.59 Å². The summed E-state index contributed by atoms with van der Waals surface area (Å²) in [7, 11) is 0. The second-order valence-electron chi connectivity index (χ2n) is 4.65. The Morgan fingerprint density at radius 1 is 1.15 bits per heavy atom. The fourth-order valence-electron chi connectivity index (χ4n) is 1.66. The first kappa shape index (κ1) is 14.4. The van der Waals surface area contributed by atoms with Crippen LogP contribution in [0.4, 0.5) is 0 Å². The van der Waals surface area contributed by atoms with E-state index in [4.69, 9.17) is 0 Å². The lowest BCUT2D eigenvalue weighted by atomic mass is 10.1. The molecule has 2 aromatic carbocycles. The monoisotopic (exact) mass is 282 g/mol. The summed E-state index contributed by atoms with van der Waals surface area (Å²) in [4.78, 5) is 24.5. The van der Waals surface area contributed by atoms with E-state index >= 15 is 0 Å². The van der Waals surface area contributed by atoms with E-state index in [0.29, 0.717) is 16.4 Å². The Kier molecular flexibility index (Phi) is 4.60. The Balaban J connectivity index is 2.28. The van der Waals surface area contributed by atoms with Crippen molar-refractivity contribution in [2.75, 3.05) is 0 Å². The highest BCUT2D eigenvalue weighted by molar-refractivity contribution is 8.14. The molecule has 0 atom stereocenters. The molecule has 0 unspecified atom stereocenters. The second kappa shape index (κ2) is 6.40. The van der Waals surface area contributed by atoms with Gasteiger partial charge in [-0.2, -0.15) is 0 Å². The Labute approximate surface area is 122 Å². The molecule has 0 fully saturated rings. The molecule has 2 aromatic rings. The molecule has 0 radical (unpaired) electrons. The molecule has 20 heavy (non-hydrogen) atoms. The third kappa shape index (κ3) is 3.49. The largest absolute Gasteiger partial charge is 0.289 e. The van der Waals surface area contributed by atoms with Crippen LogP contribution in [-0.4, -0.2) is 5.12 Å². The van der Waals surface area contributed by atoms with Gasteiger partial charge in [0.25, 0.3) is 0 Å². The van der Waals surface area contributed by atoms with Gasteiger partial charge in [0.2, 0.25) is 5.12 Å². The van der Waals surface area contributed by atoms with Gasteiger partial charge >= 0.3 is 0 Å². The highest BCUT2D eigenvalue weighted by Gasteiger charge is 2.10. The van der Waals surface area contributed by atoms with Gasteiger partial charge < -0.3 is 0 Å². The van der Waals surface area contributed by atoms with E-state index in [9.17, 15) is 9.59 Å². The van der Waals surface area contributed by atoms with Gasteiger partial charge in [-0.05, 0) is 47.5 Å². The molecule has 100 valence electrons. The first-order valence-corrected chi connectivity index (χ1v) is 7.14. The van der Waals surface area contributed by atoms with Gasteiger partial charge in [-0.1, -0.05) is 44.2 Å². The normalized spacial score (nSPS) is 10.2. The number of hydrogen-bond donors (Lipinski definition) is 0. The molecule has 0 aliphatic rings. The molecule has 0 aliphatic carbocycles. The van der Waals surface area contributed by atoms with Crippen molar-refractivity contribution in [1.82, 2.24) is 0 Å². The van der Waals surface area contributed by atoms with E-state index in [0.717, 1.165) is 17.3 Å². The van der Waals surface area contributed by atoms with E-state index in [1.165, 1.54) is 6.07 Å². The van der Waals surface area contributed by atoms with Crippen LogP contribution in [0.2, 0.25) is 0 Å². The molecule has 2 rings (SSSR count). The first-order chi connectivity index (χ1) is 9.58. The van der Waals surface area contributed by atoms with Crippen LogP contribution < -0.4 is 5.43 Å². The number of thioether (sulfide) groups is 1. The average Bonchev–Trinajstić information content (AvgIpc) is 2.63. The molecule has 2 nitrogen and oxygen atoms in total. The summed E-state index contributed by atoms with van der Waals surface area (Å²) in [6.07, 6.45) is 0. The summed E-state index contributed by atoms with van der Waals surface area (Å²) < 4.78 is 0. The van der Waals surface area contributed by atoms with Crippen molar-refractivity contribution < 1.29 is 4.79 Å². The Morgan fingerprint density at radius 3 is 2.55 bits per heavy atom. The van der Waals surface area contributed by atoms with Crippen molar-refractivity contribution >= 4 is 16.9 Å². The minimum Gasteiger partial charge on any atom is -0.289 e. The Hall–Kier alpha value is -2.05. The summed E-state index contributed by atoms with van der Waals surface area (Å²) in [6, 6.07) is 17.5. The van der Waals surface area contributed by atoms with Crippen LogP contribution in [-0.2, 0) is 0 Å². The fraction of sp³-hybridized carbons (Fsp3) is 0.176. The lowest BCUT2D eigenvalue weighted by molar-refractivity contribution is 0.108. The minimum atomic E-state index is -0.198. The lowest BCUT2D eigenvalue weighted by Gasteiger charge is -1.99. The Morgan fingerprint density at radius 2 is 1.90 bits per heavy atom. The molecule has 0 spiro atoms. The van der Waals surface area contributed by atoms with Crippen molar-refractivity contribution in [2.24, 2.45) is 0 Å². The molecule has 0 heterocycles. The van der Waals surface area contributed by atoms with Crippen molar-refractivity contribution in [1.29, 1.82) is 0 Å². The standard InChI is InChI=1S/C17H14O2S/c1-12(2)13-8-10-15(18)16(11-9-13)20-17(19)14-6-4-3-5-7-14/h3-4,6,8-12H,1-2H3. The van der Waals surface area contributed by atoms with E-state index in [1.54, 1.807) is 24.3 Å². The van der Waals surface area contributed by atoms with E-state index in [1.807, 2.05) is 12.1 Å². The maximum atomic E-state index is 12.1. The smallest absolute Gasteiger partial charge is 0.232 e. The molecular formula is C17H14O2S. The van der Waals surface area contributed by atoms with Gasteiger partial charge in [-0.15, -0.1) is 0 Å². The number of carbonyl (C=O) groups is 1. The molecule has 0 aromatic heterocycles. The van der Waals surface area contributed by atoms with Crippen molar-refractivity contribution in [3.05, 3.63) is 75.9 Å². The van der Waals surface area contributed by atoms with Crippen LogP contribution in [0.3, 0.4) is 0 Å².